The maximum Gasteiger partial charge on any atom is 0.224 e. The number of carbonyl (C=O) groups excluding carboxylic acids is 2. The summed E-state index contributed by atoms with van der Waals surface area (Å²) in [6.45, 7) is 0. The van der Waals surface area contributed by atoms with E-state index in [-0.39, 0.29) is 18.7 Å². The van der Waals surface area contributed by atoms with E-state index in [2.05, 4.69) is 0 Å². The normalized spacial score (nSPS) is 13.1. The summed E-state index contributed by atoms with van der Waals surface area (Å²) in [4.78, 5) is 25.5. The van der Waals surface area contributed by atoms with Crippen LogP contribution in [0.5, 0.6) is 0 Å². The minimum Gasteiger partial charge on any atom is -0.370 e. The molecule has 0 aliphatic rings. The minimum atomic E-state index is -0.629. The van der Waals surface area contributed by atoms with Gasteiger partial charge in [-0.15, -0.1) is 0 Å². The molecule has 0 spiro atoms. The predicted molar refractivity (Wildman–Crippen MR) is 93.7 cm³/mol. The average Bonchev–Trinajstić information content (AvgIpc) is 2.59. The summed E-state index contributed by atoms with van der Waals surface area (Å²) in [5, 5.41) is 0. The summed E-state index contributed by atoms with van der Waals surface area (Å²) in [7, 11) is 1.61. The van der Waals surface area contributed by atoms with Gasteiger partial charge in [0.1, 0.15) is 5.82 Å². The van der Waals surface area contributed by atoms with Crippen LogP contribution in [0.2, 0.25) is 0 Å². The fourth-order valence-corrected chi connectivity index (χ4v) is 2.71. The Hall–Kier alpha value is -2.73. The molecule has 2 amide bonds. The van der Waals surface area contributed by atoms with Crippen LogP contribution in [-0.4, -0.2) is 23.8 Å². The first-order valence-corrected chi connectivity index (χ1v) is 7.98. The van der Waals surface area contributed by atoms with Gasteiger partial charge in [-0.2, -0.15) is 0 Å². The van der Waals surface area contributed by atoms with Gasteiger partial charge in [0.2, 0.25) is 11.8 Å². The Morgan fingerprint density at radius 1 is 1.04 bits per heavy atom. The average molecular weight is 343 g/mol. The van der Waals surface area contributed by atoms with Crippen molar-refractivity contribution in [3.05, 3.63) is 71.5 Å². The molecule has 0 aliphatic heterocycles. The highest BCUT2D eigenvalue weighted by molar-refractivity contribution is 5.79. The number of nitrogens with two attached hydrogens (primary N) is 2. The third kappa shape index (κ3) is 5.12. The SMILES string of the molecule is CN(C(=O)CC(N)c1cccc(F)c1)C(CC(N)=O)c1ccccc1. The lowest BCUT2D eigenvalue weighted by molar-refractivity contribution is -0.133. The molecule has 0 aliphatic carbocycles. The highest BCUT2D eigenvalue weighted by Crippen LogP contribution is 2.25. The van der Waals surface area contributed by atoms with E-state index < -0.39 is 23.8 Å². The lowest BCUT2D eigenvalue weighted by Crippen LogP contribution is -2.35. The van der Waals surface area contributed by atoms with Gasteiger partial charge in [0.25, 0.3) is 0 Å². The lowest BCUT2D eigenvalue weighted by Gasteiger charge is -2.29. The van der Waals surface area contributed by atoms with E-state index in [0.29, 0.717) is 5.56 Å². The number of hydrogen-bond acceptors (Lipinski definition) is 3. The van der Waals surface area contributed by atoms with Crippen LogP contribution in [0.4, 0.5) is 4.39 Å². The molecular weight excluding hydrogens is 321 g/mol. The summed E-state index contributed by atoms with van der Waals surface area (Å²) in [5.74, 6) is -1.14. The van der Waals surface area contributed by atoms with Gasteiger partial charge in [0.05, 0.1) is 12.5 Å². The Morgan fingerprint density at radius 2 is 1.68 bits per heavy atom. The summed E-state index contributed by atoms with van der Waals surface area (Å²) >= 11 is 0. The van der Waals surface area contributed by atoms with Crippen LogP contribution in [-0.2, 0) is 9.59 Å². The van der Waals surface area contributed by atoms with Crippen molar-refractivity contribution in [1.82, 2.24) is 4.90 Å². The van der Waals surface area contributed by atoms with Crippen LogP contribution in [0, 0.1) is 5.82 Å². The number of amides is 2. The maximum absolute atomic E-state index is 13.3. The molecule has 132 valence electrons. The summed E-state index contributed by atoms with van der Waals surface area (Å²) in [6.07, 6.45) is 0.0174. The molecular formula is C19H22FN3O2. The molecule has 0 radical (unpaired) electrons. The van der Waals surface area contributed by atoms with Crippen molar-refractivity contribution in [2.45, 2.75) is 24.9 Å². The Bertz CT molecular complexity index is 736. The molecule has 0 saturated heterocycles. The second kappa shape index (κ2) is 8.39. The highest BCUT2D eigenvalue weighted by Gasteiger charge is 2.25. The van der Waals surface area contributed by atoms with Crippen molar-refractivity contribution in [2.75, 3.05) is 7.05 Å². The molecule has 0 bridgehead atoms. The third-order valence-electron chi connectivity index (χ3n) is 4.11. The summed E-state index contributed by atoms with van der Waals surface area (Å²) in [5.41, 5.74) is 12.7. The van der Waals surface area contributed by atoms with Crippen molar-refractivity contribution < 1.29 is 14.0 Å². The topological polar surface area (TPSA) is 89.4 Å². The Kier molecular flexibility index (Phi) is 6.25. The van der Waals surface area contributed by atoms with Crippen molar-refractivity contribution in [1.29, 1.82) is 0 Å². The van der Waals surface area contributed by atoms with Crippen LogP contribution in [0.25, 0.3) is 0 Å². The van der Waals surface area contributed by atoms with E-state index >= 15 is 0 Å². The standard InChI is InChI=1S/C19H22FN3O2/c1-23(17(12-18(22)24)13-6-3-2-4-7-13)19(25)11-16(21)14-8-5-9-15(20)10-14/h2-10,16-17H,11-12,21H2,1H3,(H2,22,24). The Labute approximate surface area is 146 Å². The number of nitrogens with zero attached hydrogens (tertiary/aromatic N) is 1. The van der Waals surface area contributed by atoms with Crippen LogP contribution in [0.3, 0.4) is 0 Å². The smallest absolute Gasteiger partial charge is 0.224 e. The number of hydrogen-bond donors (Lipinski definition) is 2. The van der Waals surface area contributed by atoms with E-state index in [9.17, 15) is 14.0 Å². The van der Waals surface area contributed by atoms with Gasteiger partial charge >= 0.3 is 0 Å². The molecule has 2 aromatic rings. The molecule has 0 aromatic heterocycles. The van der Waals surface area contributed by atoms with Crippen LogP contribution in [0.15, 0.2) is 54.6 Å². The zero-order valence-corrected chi connectivity index (χ0v) is 14.1. The molecule has 0 saturated carbocycles. The van der Waals surface area contributed by atoms with E-state index in [1.807, 2.05) is 30.3 Å². The Morgan fingerprint density at radius 3 is 2.28 bits per heavy atom. The first-order chi connectivity index (χ1) is 11.9. The van der Waals surface area contributed by atoms with Crippen molar-refractivity contribution in [2.24, 2.45) is 11.5 Å². The largest absolute Gasteiger partial charge is 0.370 e. The second-order valence-corrected chi connectivity index (χ2v) is 5.97. The zero-order chi connectivity index (χ0) is 18.4. The van der Waals surface area contributed by atoms with Gasteiger partial charge < -0.3 is 16.4 Å². The van der Waals surface area contributed by atoms with Crippen LogP contribution in [0.1, 0.15) is 36.1 Å². The van der Waals surface area contributed by atoms with Crippen molar-refractivity contribution in [3.8, 4) is 0 Å². The van der Waals surface area contributed by atoms with Gasteiger partial charge in [0, 0.05) is 19.5 Å². The maximum atomic E-state index is 13.3. The third-order valence-corrected chi connectivity index (χ3v) is 4.11. The van der Waals surface area contributed by atoms with Crippen molar-refractivity contribution in [3.63, 3.8) is 0 Å². The number of halogens is 1. The summed E-state index contributed by atoms with van der Waals surface area (Å²) < 4.78 is 13.3. The van der Waals surface area contributed by atoms with E-state index in [1.165, 1.54) is 17.0 Å². The lowest BCUT2D eigenvalue weighted by atomic mass is 10.00. The molecule has 4 N–H and O–H groups in total. The number of rotatable bonds is 7. The van der Waals surface area contributed by atoms with Gasteiger partial charge in [-0.25, -0.2) is 4.39 Å². The molecule has 0 fully saturated rings. The predicted octanol–water partition coefficient (Wildman–Crippen LogP) is 2.29. The highest BCUT2D eigenvalue weighted by atomic mass is 19.1. The Balaban J connectivity index is 2.13. The van der Waals surface area contributed by atoms with E-state index in [1.54, 1.807) is 19.2 Å². The van der Waals surface area contributed by atoms with Crippen LogP contribution >= 0.6 is 0 Å². The van der Waals surface area contributed by atoms with E-state index in [4.69, 9.17) is 11.5 Å². The molecule has 2 aromatic carbocycles. The van der Waals surface area contributed by atoms with Crippen molar-refractivity contribution >= 4 is 11.8 Å². The monoisotopic (exact) mass is 343 g/mol. The fraction of sp³-hybridized carbons (Fsp3) is 0.263. The molecule has 5 nitrogen and oxygen atoms in total. The van der Waals surface area contributed by atoms with Crippen LogP contribution < -0.4 is 11.5 Å². The van der Waals surface area contributed by atoms with Gasteiger partial charge in [-0.1, -0.05) is 42.5 Å². The molecule has 2 atom stereocenters. The fourth-order valence-electron chi connectivity index (χ4n) is 2.71. The van der Waals surface area contributed by atoms with E-state index in [0.717, 1.165) is 5.56 Å². The molecule has 2 unspecified atom stereocenters. The first-order valence-electron chi connectivity index (χ1n) is 7.98. The van der Waals surface area contributed by atoms with Gasteiger partial charge in [0.15, 0.2) is 0 Å². The van der Waals surface area contributed by atoms with Gasteiger partial charge in [-0.05, 0) is 23.3 Å². The summed E-state index contributed by atoms with van der Waals surface area (Å²) in [6, 6.07) is 14.0. The number of carbonyl (C=O) groups is 2. The molecule has 25 heavy (non-hydrogen) atoms. The minimum absolute atomic E-state index is 0.00203. The molecule has 0 heterocycles. The first kappa shape index (κ1) is 18.6. The molecule has 6 heteroatoms. The quantitative estimate of drug-likeness (QED) is 0.808. The zero-order valence-electron chi connectivity index (χ0n) is 14.1. The van der Waals surface area contributed by atoms with Gasteiger partial charge in [-0.3, -0.25) is 9.59 Å². The number of benzene rings is 2. The number of primary amides is 1. The second-order valence-electron chi connectivity index (χ2n) is 5.97. The molecule has 2 rings (SSSR count).